The average Bonchev–Trinajstić information content (AvgIpc) is 2.37. The standard InChI is InChI=1S/C15H21ClN2O/c1-5-18(6-2)15(19)10-8-12-7-9-14(17(3)4)13(16)11-12/h7-11H,5-6H2,1-4H3. The van der Waals surface area contributed by atoms with E-state index >= 15 is 0 Å². The highest BCUT2D eigenvalue weighted by Gasteiger charge is 2.05. The lowest BCUT2D eigenvalue weighted by Gasteiger charge is -2.16. The molecule has 3 nitrogen and oxygen atoms in total. The quantitative estimate of drug-likeness (QED) is 0.773. The van der Waals surface area contributed by atoms with Gasteiger partial charge < -0.3 is 9.80 Å². The van der Waals surface area contributed by atoms with Crippen molar-refractivity contribution in [3.8, 4) is 0 Å². The van der Waals surface area contributed by atoms with Gasteiger partial charge in [-0.3, -0.25) is 4.79 Å². The number of rotatable bonds is 5. The Kier molecular flexibility index (Phi) is 5.90. The van der Waals surface area contributed by atoms with Crippen LogP contribution in [-0.2, 0) is 4.79 Å². The Bertz CT molecular complexity index is 465. The van der Waals surface area contributed by atoms with Gasteiger partial charge in [0.1, 0.15) is 0 Å². The molecule has 0 N–H and O–H groups in total. The summed E-state index contributed by atoms with van der Waals surface area (Å²) in [4.78, 5) is 15.6. The van der Waals surface area contributed by atoms with Gasteiger partial charge in [0.05, 0.1) is 10.7 Å². The number of hydrogen-bond donors (Lipinski definition) is 0. The smallest absolute Gasteiger partial charge is 0.246 e. The van der Waals surface area contributed by atoms with Crippen molar-refractivity contribution >= 4 is 29.3 Å². The van der Waals surface area contributed by atoms with Crippen LogP contribution in [0.25, 0.3) is 6.08 Å². The third-order valence-corrected chi connectivity index (χ3v) is 3.25. The third kappa shape index (κ3) is 4.28. The lowest BCUT2D eigenvalue weighted by Crippen LogP contribution is -2.28. The van der Waals surface area contributed by atoms with Crippen LogP contribution >= 0.6 is 11.6 Å². The predicted octanol–water partition coefficient (Wildman–Crippen LogP) is 3.29. The van der Waals surface area contributed by atoms with Crippen molar-refractivity contribution in [2.24, 2.45) is 0 Å². The molecule has 1 rings (SSSR count). The van der Waals surface area contributed by atoms with Crippen LogP contribution in [0.2, 0.25) is 5.02 Å². The van der Waals surface area contributed by atoms with E-state index in [0.29, 0.717) is 5.02 Å². The van der Waals surface area contributed by atoms with Gasteiger partial charge in [-0.1, -0.05) is 17.7 Å². The van der Waals surface area contributed by atoms with Gasteiger partial charge in [-0.05, 0) is 37.6 Å². The van der Waals surface area contributed by atoms with Gasteiger partial charge in [-0.25, -0.2) is 0 Å². The van der Waals surface area contributed by atoms with Gasteiger partial charge in [-0.2, -0.15) is 0 Å². The fourth-order valence-corrected chi connectivity index (χ4v) is 2.16. The SMILES string of the molecule is CCN(CC)C(=O)C=Cc1ccc(N(C)C)c(Cl)c1. The highest BCUT2D eigenvalue weighted by molar-refractivity contribution is 6.33. The molecule has 1 aromatic rings. The molecule has 0 fully saturated rings. The number of hydrogen-bond acceptors (Lipinski definition) is 2. The first-order chi connectivity index (χ1) is 8.99. The fourth-order valence-electron chi connectivity index (χ4n) is 1.80. The number of anilines is 1. The van der Waals surface area contributed by atoms with Crippen LogP contribution < -0.4 is 4.90 Å². The predicted molar refractivity (Wildman–Crippen MR) is 82.7 cm³/mol. The molecule has 0 aromatic heterocycles. The minimum Gasteiger partial charge on any atom is -0.376 e. The first kappa shape index (κ1) is 15.6. The monoisotopic (exact) mass is 280 g/mol. The van der Waals surface area contributed by atoms with E-state index in [1.807, 2.05) is 51.0 Å². The number of halogens is 1. The van der Waals surface area contributed by atoms with Crippen molar-refractivity contribution in [1.29, 1.82) is 0 Å². The van der Waals surface area contributed by atoms with Crippen molar-refractivity contribution in [3.05, 3.63) is 34.9 Å². The molecule has 0 heterocycles. The molecule has 0 radical (unpaired) electrons. The van der Waals surface area contributed by atoms with Gasteiger partial charge in [0.25, 0.3) is 0 Å². The number of amides is 1. The molecule has 1 amide bonds. The number of carbonyl (C=O) groups excluding carboxylic acids is 1. The van der Waals surface area contributed by atoms with E-state index in [2.05, 4.69) is 0 Å². The van der Waals surface area contributed by atoms with Crippen LogP contribution in [0.3, 0.4) is 0 Å². The highest BCUT2D eigenvalue weighted by Crippen LogP contribution is 2.25. The minimum atomic E-state index is 0.0257. The third-order valence-electron chi connectivity index (χ3n) is 2.95. The molecule has 0 saturated carbocycles. The second-order valence-electron chi connectivity index (χ2n) is 4.45. The van der Waals surface area contributed by atoms with Crippen LogP contribution in [0.1, 0.15) is 19.4 Å². The number of likely N-dealkylation sites (N-methyl/N-ethyl adjacent to an activating group) is 1. The Morgan fingerprint density at radius 2 is 1.89 bits per heavy atom. The maximum absolute atomic E-state index is 11.8. The van der Waals surface area contributed by atoms with E-state index in [-0.39, 0.29) is 5.91 Å². The Morgan fingerprint density at radius 3 is 2.37 bits per heavy atom. The summed E-state index contributed by atoms with van der Waals surface area (Å²) in [6, 6.07) is 5.76. The molecular formula is C15H21ClN2O. The zero-order valence-electron chi connectivity index (χ0n) is 12.0. The Balaban J connectivity index is 2.83. The van der Waals surface area contributed by atoms with Gasteiger partial charge >= 0.3 is 0 Å². The van der Waals surface area contributed by atoms with Crippen molar-refractivity contribution in [3.63, 3.8) is 0 Å². The fraction of sp³-hybridized carbons (Fsp3) is 0.400. The molecule has 0 aliphatic rings. The first-order valence-electron chi connectivity index (χ1n) is 6.43. The molecule has 104 valence electrons. The largest absolute Gasteiger partial charge is 0.376 e. The lowest BCUT2D eigenvalue weighted by atomic mass is 10.2. The van der Waals surface area contributed by atoms with Gasteiger partial charge in [-0.15, -0.1) is 0 Å². The van der Waals surface area contributed by atoms with E-state index in [1.165, 1.54) is 0 Å². The minimum absolute atomic E-state index is 0.0257. The van der Waals surface area contributed by atoms with Crippen molar-refractivity contribution < 1.29 is 4.79 Å². The summed E-state index contributed by atoms with van der Waals surface area (Å²) in [6.45, 7) is 5.38. The van der Waals surface area contributed by atoms with Gasteiger partial charge in [0.2, 0.25) is 5.91 Å². The second-order valence-corrected chi connectivity index (χ2v) is 4.86. The van der Waals surface area contributed by atoms with Crippen LogP contribution in [-0.4, -0.2) is 38.0 Å². The first-order valence-corrected chi connectivity index (χ1v) is 6.81. The van der Waals surface area contributed by atoms with Crippen molar-refractivity contribution in [2.75, 3.05) is 32.1 Å². The number of carbonyl (C=O) groups is 1. The molecule has 0 aliphatic carbocycles. The summed E-state index contributed by atoms with van der Waals surface area (Å²) in [5, 5.41) is 0.683. The molecule has 0 spiro atoms. The summed E-state index contributed by atoms with van der Waals surface area (Å²) in [6.07, 6.45) is 3.39. The molecule has 0 aliphatic heterocycles. The summed E-state index contributed by atoms with van der Waals surface area (Å²) in [5.41, 5.74) is 1.89. The van der Waals surface area contributed by atoms with Crippen LogP contribution in [0.5, 0.6) is 0 Å². The number of benzene rings is 1. The summed E-state index contributed by atoms with van der Waals surface area (Å²) < 4.78 is 0. The van der Waals surface area contributed by atoms with Crippen LogP contribution in [0, 0.1) is 0 Å². The topological polar surface area (TPSA) is 23.6 Å². The van der Waals surface area contributed by atoms with E-state index < -0.39 is 0 Å². The summed E-state index contributed by atoms with van der Waals surface area (Å²) in [7, 11) is 3.89. The Hall–Kier alpha value is -1.48. The Morgan fingerprint density at radius 1 is 1.26 bits per heavy atom. The van der Waals surface area contributed by atoms with Crippen molar-refractivity contribution in [2.45, 2.75) is 13.8 Å². The molecule has 0 bridgehead atoms. The molecule has 1 aromatic carbocycles. The highest BCUT2D eigenvalue weighted by atomic mass is 35.5. The molecule has 0 saturated heterocycles. The summed E-state index contributed by atoms with van der Waals surface area (Å²) >= 11 is 6.19. The van der Waals surface area contributed by atoms with E-state index in [0.717, 1.165) is 24.3 Å². The van der Waals surface area contributed by atoms with Crippen LogP contribution in [0.4, 0.5) is 5.69 Å². The molecule has 19 heavy (non-hydrogen) atoms. The Labute approximate surface area is 120 Å². The zero-order chi connectivity index (χ0) is 14.4. The van der Waals surface area contributed by atoms with E-state index in [1.54, 1.807) is 17.1 Å². The number of nitrogens with zero attached hydrogens (tertiary/aromatic N) is 2. The van der Waals surface area contributed by atoms with Gasteiger partial charge in [0.15, 0.2) is 0 Å². The van der Waals surface area contributed by atoms with E-state index in [9.17, 15) is 4.79 Å². The van der Waals surface area contributed by atoms with Crippen LogP contribution in [0.15, 0.2) is 24.3 Å². The molecule has 0 unspecified atom stereocenters. The lowest BCUT2D eigenvalue weighted by molar-refractivity contribution is -0.125. The summed E-state index contributed by atoms with van der Waals surface area (Å²) in [5.74, 6) is 0.0257. The maximum atomic E-state index is 11.8. The van der Waals surface area contributed by atoms with Gasteiger partial charge in [0, 0.05) is 33.3 Å². The van der Waals surface area contributed by atoms with Crippen molar-refractivity contribution in [1.82, 2.24) is 4.90 Å². The molecule has 0 atom stereocenters. The second kappa shape index (κ2) is 7.19. The molecular weight excluding hydrogens is 260 g/mol. The van der Waals surface area contributed by atoms with E-state index in [4.69, 9.17) is 11.6 Å². The molecule has 4 heteroatoms. The normalized spacial score (nSPS) is 10.8. The zero-order valence-corrected chi connectivity index (χ0v) is 12.7. The average molecular weight is 281 g/mol. The maximum Gasteiger partial charge on any atom is 0.246 e.